The molecule has 0 aromatic heterocycles. The highest BCUT2D eigenvalue weighted by atomic mass is 16.5. The lowest BCUT2D eigenvalue weighted by molar-refractivity contribution is -0.145. The Morgan fingerprint density at radius 1 is 0.857 bits per heavy atom. The molecule has 2 aromatic carbocycles. The average Bonchev–Trinajstić information content (AvgIpc) is 2.71. The zero-order valence-electron chi connectivity index (χ0n) is 16.2. The third-order valence-electron chi connectivity index (χ3n) is 4.34. The predicted octanol–water partition coefficient (Wildman–Crippen LogP) is 2.02. The molecule has 0 aliphatic heterocycles. The number of esters is 1. The van der Waals surface area contributed by atoms with Crippen LogP contribution in [0.2, 0.25) is 0 Å². The van der Waals surface area contributed by atoms with Gasteiger partial charge in [-0.25, -0.2) is 4.79 Å². The maximum atomic E-state index is 12.8. The van der Waals surface area contributed by atoms with Crippen LogP contribution in [0.5, 0.6) is 0 Å². The molecule has 2 rings (SSSR count). The van der Waals surface area contributed by atoms with Gasteiger partial charge in [-0.3, -0.25) is 9.59 Å². The third kappa shape index (κ3) is 6.87. The number of carbonyl (C=O) groups is 3. The van der Waals surface area contributed by atoms with E-state index in [4.69, 9.17) is 4.74 Å². The molecule has 0 saturated heterocycles. The summed E-state index contributed by atoms with van der Waals surface area (Å²) in [4.78, 5) is 36.5. The lowest BCUT2D eigenvalue weighted by atomic mass is 10.0. The quantitative estimate of drug-likeness (QED) is 0.650. The van der Waals surface area contributed by atoms with Crippen LogP contribution in [-0.4, -0.2) is 37.0 Å². The molecule has 0 spiro atoms. The molecule has 6 heteroatoms. The van der Waals surface area contributed by atoms with Crippen molar-refractivity contribution in [1.82, 2.24) is 10.6 Å². The van der Waals surface area contributed by atoms with E-state index in [0.717, 1.165) is 11.1 Å². The predicted molar refractivity (Wildman–Crippen MR) is 106 cm³/mol. The molecule has 2 aromatic rings. The second-order valence-electron chi connectivity index (χ2n) is 6.55. The van der Waals surface area contributed by atoms with E-state index in [-0.39, 0.29) is 5.91 Å². The van der Waals surface area contributed by atoms with Crippen LogP contribution < -0.4 is 10.6 Å². The zero-order valence-corrected chi connectivity index (χ0v) is 16.2. The Morgan fingerprint density at radius 3 is 1.96 bits per heavy atom. The van der Waals surface area contributed by atoms with Crippen LogP contribution in [0.15, 0.2) is 60.7 Å². The summed E-state index contributed by atoms with van der Waals surface area (Å²) in [5, 5.41) is 5.40. The highest BCUT2D eigenvalue weighted by molar-refractivity contribution is 5.90. The smallest absolute Gasteiger partial charge is 0.328 e. The number of methoxy groups -OCH3 is 1. The standard InChI is InChI=1S/C22H26N2O4/c1-16(25)23-20(15-18-11-7-4-8-12-18)21(26)24-19(22(27)28-2)14-13-17-9-5-3-6-10-17/h3-12,19-20H,13-15H2,1-2H3,(H,23,25)(H,24,26)/t19-,20-/m0/s1. The highest BCUT2D eigenvalue weighted by Crippen LogP contribution is 2.08. The van der Waals surface area contributed by atoms with Gasteiger partial charge in [-0.05, 0) is 24.0 Å². The Labute approximate surface area is 165 Å². The van der Waals surface area contributed by atoms with E-state index in [1.165, 1.54) is 14.0 Å². The van der Waals surface area contributed by atoms with Crippen molar-refractivity contribution in [2.75, 3.05) is 7.11 Å². The topological polar surface area (TPSA) is 84.5 Å². The SMILES string of the molecule is COC(=O)[C@H](CCc1ccccc1)NC(=O)[C@H](Cc1ccccc1)NC(C)=O. The summed E-state index contributed by atoms with van der Waals surface area (Å²) in [5.41, 5.74) is 1.98. The van der Waals surface area contributed by atoms with Gasteiger partial charge in [0.1, 0.15) is 12.1 Å². The highest BCUT2D eigenvalue weighted by Gasteiger charge is 2.26. The van der Waals surface area contributed by atoms with Crippen LogP contribution in [0.1, 0.15) is 24.5 Å². The second-order valence-corrected chi connectivity index (χ2v) is 6.55. The van der Waals surface area contributed by atoms with Gasteiger partial charge >= 0.3 is 5.97 Å². The van der Waals surface area contributed by atoms with Gasteiger partial charge < -0.3 is 15.4 Å². The van der Waals surface area contributed by atoms with Crippen molar-refractivity contribution in [2.45, 2.75) is 38.3 Å². The van der Waals surface area contributed by atoms with E-state index in [1.807, 2.05) is 60.7 Å². The second kappa shape index (κ2) is 10.9. The van der Waals surface area contributed by atoms with Crippen molar-refractivity contribution >= 4 is 17.8 Å². The van der Waals surface area contributed by atoms with E-state index in [2.05, 4.69) is 10.6 Å². The summed E-state index contributed by atoms with van der Waals surface area (Å²) in [6.45, 7) is 1.36. The minimum absolute atomic E-state index is 0.310. The lowest BCUT2D eigenvalue weighted by Crippen LogP contribution is -2.52. The normalized spacial score (nSPS) is 12.5. The lowest BCUT2D eigenvalue weighted by Gasteiger charge is -2.22. The fraction of sp³-hybridized carbons (Fsp3) is 0.318. The number of benzene rings is 2. The van der Waals surface area contributed by atoms with Gasteiger partial charge in [0.15, 0.2) is 0 Å². The van der Waals surface area contributed by atoms with Crippen LogP contribution >= 0.6 is 0 Å². The number of hydrogen-bond donors (Lipinski definition) is 2. The van der Waals surface area contributed by atoms with Gasteiger partial charge in [0.05, 0.1) is 7.11 Å². The van der Waals surface area contributed by atoms with Crippen molar-refractivity contribution in [3.63, 3.8) is 0 Å². The molecule has 0 aliphatic carbocycles. The van der Waals surface area contributed by atoms with Gasteiger partial charge in [-0.1, -0.05) is 60.7 Å². The molecule has 2 amide bonds. The molecular weight excluding hydrogens is 356 g/mol. The van der Waals surface area contributed by atoms with E-state index in [1.54, 1.807) is 0 Å². The summed E-state index contributed by atoms with van der Waals surface area (Å²) in [6.07, 6.45) is 1.35. The molecule has 0 saturated carbocycles. The van der Waals surface area contributed by atoms with E-state index >= 15 is 0 Å². The van der Waals surface area contributed by atoms with E-state index < -0.39 is 24.0 Å². The fourth-order valence-corrected chi connectivity index (χ4v) is 2.92. The summed E-state index contributed by atoms with van der Waals surface area (Å²) >= 11 is 0. The molecule has 0 heterocycles. The van der Waals surface area contributed by atoms with Crippen LogP contribution in [0, 0.1) is 0 Å². The fourth-order valence-electron chi connectivity index (χ4n) is 2.92. The Balaban J connectivity index is 2.06. The minimum Gasteiger partial charge on any atom is -0.467 e. The van der Waals surface area contributed by atoms with Gasteiger partial charge in [0.2, 0.25) is 11.8 Å². The van der Waals surface area contributed by atoms with Gasteiger partial charge in [-0.2, -0.15) is 0 Å². The molecule has 0 bridgehead atoms. The molecule has 0 fully saturated rings. The van der Waals surface area contributed by atoms with Crippen molar-refractivity contribution in [3.8, 4) is 0 Å². The Kier molecular flexibility index (Phi) is 8.21. The summed E-state index contributed by atoms with van der Waals surface area (Å²) in [5.74, 6) is -1.23. The van der Waals surface area contributed by atoms with E-state index in [0.29, 0.717) is 19.3 Å². The minimum atomic E-state index is -0.787. The van der Waals surface area contributed by atoms with Crippen LogP contribution in [-0.2, 0) is 32.0 Å². The first kappa shape index (κ1) is 21.2. The Hall–Kier alpha value is -3.15. The van der Waals surface area contributed by atoms with Crippen LogP contribution in [0.4, 0.5) is 0 Å². The number of hydrogen-bond acceptors (Lipinski definition) is 4. The maximum absolute atomic E-state index is 12.8. The monoisotopic (exact) mass is 382 g/mol. The number of nitrogens with one attached hydrogen (secondary N) is 2. The zero-order chi connectivity index (χ0) is 20.4. The average molecular weight is 382 g/mol. The number of amides is 2. The first-order valence-electron chi connectivity index (χ1n) is 9.22. The van der Waals surface area contributed by atoms with Crippen LogP contribution in [0.3, 0.4) is 0 Å². The van der Waals surface area contributed by atoms with Crippen molar-refractivity contribution in [1.29, 1.82) is 0 Å². The molecule has 2 N–H and O–H groups in total. The summed E-state index contributed by atoms with van der Waals surface area (Å²) in [7, 11) is 1.29. The molecular formula is C22H26N2O4. The van der Waals surface area contributed by atoms with E-state index in [9.17, 15) is 14.4 Å². The summed E-state index contributed by atoms with van der Waals surface area (Å²) < 4.78 is 4.84. The van der Waals surface area contributed by atoms with Gasteiger partial charge in [0, 0.05) is 13.3 Å². The van der Waals surface area contributed by atoms with Crippen molar-refractivity contribution < 1.29 is 19.1 Å². The molecule has 6 nitrogen and oxygen atoms in total. The van der Waals surface area contributed by atoms with Crippen LogP contribution in [0.25, 0.3) is 0 Å². The van der Waals surface area contributed by atoms with Gasteiger partial charge in [-0.15, -0.1) is 0 Å². The first-order valence-corrected chi connectivity index (χ1v) is 9.22. The Bertz CT molecular complexity index is 778. The molecule has 2 atom stereocenters. The van der Waals surface area contributed by atoms with Crippen molar-refractivity contribution in [3.05, 3.63) is 71.8 Å². The third-order valence-corrected chi connectivity index (χ3v) is 4.34. The number of rotatable bonds is 9. The molecule has 0 aliphatic rings. The van der Waals surface area contributed by atoms with Crippen molar-refractivity contribution in [2.24, 2.45) is 0 Å². The number of aryl methyl sites for hydroxylation is 1. The molecule has 0 unspecified atom stereocenters. The molecule has 148 valence electrons. The van der Waals surface area contributed by atoms with Gasteiger partial charge in [0.25, 0.3) is 0 Å². The molecule has 0 radical (unpaired) electrons. The first-order chi connectivity index (χ1) is 13.5. The number of ether oxygens (including phenoxy) is 1. The largest absolute Gasteiger partial charge is 0.467 e. The maximum Gasteiger partial charge on any atom is 0.328 e. The summed E-state index contributed by atoms with van der Waals surface area (Å²) in [6, 6.07) is 17.5. The number of carbonyl (C=O) groups excluding carboxylic acids is 3. The Morgan fingerprint density at radius 2 is 1.43 bits per heavy atom. The molecule has 28 heavy (non-hydrogen) atoms.